The van der Waals surface area contributed by atoms with Gasteiger partial charge in [-0.05, 0) is 64.9 Å². The number of hydrogen-bond donors (Lipinski definition) is 0. The zero-order valence-electron chi connectivity index (χ0n) is 22.3. The minimum absolute atomic E-state index is 0. The van der Waals surface area contributed by atoms with Gasteiger partial charge in [0.05, 0.1) is 16.4 Å². The smallest absolute Gasteiger partial charge is 0.191 e. The van der Waals surface area contributed by atoms with E-state index in [9.17, 15) is 0 Å². The summed E-state index contributed by atoms with van der Waals surface area (Å²) in [4.78, 5) is 18.8. The van der Waals surface area contributed by atoms with Gasteiger partial charge < -0.3 is 4.42 Å². The van der Waals surface area contributed by atoms with Crippen LogP contribution in [0.2, 0.25) is 0 Å². The average Bonchev–Trinajstić information content (AvgIpc) is 3.19. The Labute approximate surface area is 228 Å². The Balaban J connectivity index is -0.000000203. The summed E-state index contributed by atoms with van der Waals surface area (Å²) in [5.74, 6) is 4.13. The molecule has 0 saturated heterocycles. The number of hydrogen-bond acceptors (Lipinski definition) is 6. The molecule has 0 bridgehead atoms. The van der Waals surface area contributed by atoms with Crippen molar-refractivity contribution in [1.82, 2.24) is 19.9 Å². The van der Waals surface area contributed by atoms with Crippen LogP contribution in [0, 0.1) is 48.5 Å². The van der Waals surface area contributed by atoms with Gasteiger partial charge in [-0.25, -0.2) is 19.9 Å². The number of oxazole rings is 1. The fourth-order valence-electron chi connectivity index (χ4n) is 3.52. The van der Waals surface area contributed by atoms with Gasteiger partial charge in [0.2, 0.25) is 0 Å². The van der Waals surface area contributed by atoms with Crippen molar-refractivity contribution in [3.8, 4) is 0 Å². The third-order valence-electron chi connectivity index (χ3n) is 5.06. The number of aromatic nitrogens is 4. The molecule has 0 fully saturated rings. The van der Waals surface area contributed by atoms with Crippen molar-refractivity contribution in [3.63, 3.8) is 0 Å². The van der Waals surface area contributed by atoms with Gasteiger partial charge in [-0.15, -0.1) is 11.3 Å². The predicted octanol–water partition coefficient (Wildman–Crippen LogP) is 10.4. The Morgan fingerprint density at radius 2 is 1.06 bits per heavy atom. The van der Waals surface area contributed by atoms with E-state index in [4.69, 9.17) is 4.42 Å². The highest BCUT2D eigenvalue weighted by atomic mass is 32.1. The molecule has 0 aromatic carbocycles. The molecule has 0 N–H and O–H groups in total. The second-order valence-electron chi connectivity index (χ2n) is 9.18. The minimum atomic E-state index is 0. The van der Waals surface area contributed by atoms with Gasteiger partial charge in [-0.3, -0.25) is 0 Å². The standard InChI is InChI=1S/C10H16N2.C8H13NO.C8H13NS.4CH4/c1-6(2)10-7(3)8(4)11-9(5)12-10;2*1-5(2)8-6(3)10-7(4)9-8;;;;/h6H,1-5H3;2*5H,1-4H3;4*1H4. The van der Waals surface area contributed by atoms with Crippen molar-refractivity contribution in [2.45, 2.75) is 137 Å². The number of nitrogens with zero attached hydrogens (tertiary/aromatic N) is 4. The molecule has 3 aromatic heterocycles. The highest BCUT2D eigenvalue weighted by Gasteiger charge is 2.10. The third kappa shape index (κ3) is 12.2. The van der Waals surface area contributed by atoms with Gasteiger partial charge in [0.25, 0.3) is 0 Å². The van der Waals surface area contributed by atoms with Crippen molar-refractivity contribution >= 4 is 11.3 Å². The van der Waals surface area contributed by atoms with Crippen LogP contribution in [0.15, 0.2) is 4.42 Å². The lowest BCUT2D eigenvalue weighted by molar-refractivity contribution is 0.492. The van der Waals surface area contributed by atoms with Crippen LogP contribution in [0.1, 0.15) is 145 Å². The van der Waals surface area contributed by atoms with Crippen molar-refractivity contribution < 1.29 is 4.42 Å². The molecule has 3 rings (SSSR count). The Morgan fingerprint density at radius 3 is 1.33 bits per heavy atom. The zero-order valence-corrected chi connectivity index (χ0v) is 23.2. The molecule has 0 aliphatic heterocycles. The van der Waals surface area contributed by atoms with E-state index in [-0.39, 0.29) is 29.7 Å². The minimum Gasteiger partial charge on any atom is -0.446 e. The summed E-state index contributed by atoms with van der Waals surface area (Å²) < 4.78 is 5.26. The molecule has 0 amide bonds. The van der Waals surface area contributed by atoms with E-state index >= 15 is 0 Å². The second kappa shape index (κ2) is 18.2. The fourth-order valence-corrected chi connectivity index (χ4v) is 4.49. The van der Waals surface area contributed by atoms with E-state index < -0.39 is 0 Å². The molecule has 0 radical (unpaired) electrons. The first-order chi connectivity index (χ1) is 14.7. The highest BCUT2D eigenvalue weighted by Crippen LogP contribution is 2.23. The van der Waals surface area contributed by atoms with E-state index in [0.29, 0.717) is 17.8 Å². The van der Waals surface area contributed by atoms with E-state index in [2.05, 4.69) is 82.2 Å². The normalized spacial score (nSPS) is 9.67. The van der Waals surface area contributed by atoms with E-state index in [1.807, 2.05) is 27.7 Å². The van der Waals surface area contributed by atoms with Crippen molar-refractivity contribution in [3.05, 3.63) is 55.7 Å². The number of rotatable bonds is 3. The van der Waals surface area contributed by atoms with Crippen molar-refractivity contribution in [2.75, 3.05) is 0 Å². The molecule has 210 valence electrons. The fraction of sp³-hybridized carbons (Fsp3) is 0.667. The quantitative estimate of drug-likeness (QED) is 0.342. The zero-order chi connectivity index (χ0) is 24.7. The largest absolute Gasteiger partial charge is 0.446 e. The second-order valence-corrected chi connectivity index (χ2v) is 10.6. The Kier molecular flexibility index (Phi) is 20.8. The first-order valence-electron chi connectivity index (χ1n) is 11.4. The summed E-state index contributed by atoms with van der Waals surface area (Å²) in [6, 6.07) is 0. The van der Waals surface area contributed by atoms with Crippen LogP contribution in [0.3, 0.4) is 0 Å². The van der Waals surface area contributed by atoms with E-state index in [1.54, 1.807) is 11.3 Å². The van der Waals surface area contributed by atoms with Crippen LogP contribution in [0.5, 0.6) is 0 Å². The molecule has 3 aromatic rings. The molecule has 5 nitrogen and oxygen atoms in total. The summed E-state index contributed by atoms with van der Waals surface area (Å²) >= 11 is 1.79. The van der Waals surface area contributed by atoms with Gasteiger partial charge in [-0.2, -0.15) is 0 Å². The van der Waals surface area contributed by atoms with E-state index in [0.717, 1.165) is 28.9 Å². The molecule has 0 atom stereocenters. The lowest BCUT2D eigenvalue weighted by Gasteiger charge is -2.10. The lowest BCUT2D eigenvalue weighted by atomic mass is 10.0. The van der Waals surface area contributed by atoms with Crippen LogP contribution in [-0.4, -0.2) is 19.9 Å². The highest BCUT2D eigenvalue weighted by molar-refractivity contribution is 7.11. The summed E-state index contributed by atoms with van der Waals surface area (Å²) in [7, 11) is 0. The first-order valence-corrected chi connectivity index (χ1v) is 12.3. The average molecular weight is 523 g/mol. The maximum Gasteiger partial charge on any atom is 0.191 e. The lowest BCUT2D eigenvalue weighted by Crippen LogP contribution is -2.03. The maximum atomic E-state index is 5.26. The predicted molar refractivity (Wildman–Crippen MR) is 163 cm³/mol. The Morgan fingerprint density at radius 1 is 0.583 bits per heavy atom. The molecule has 6 heteroatoms. The van der Waals surface area contributed by atoms with Crippen LogP contribution in [0.4, 0.5) is 0 Å². The van der Waals surface area contributed by atoms with Crippen molar-refractivity contribution in [2.24, 2.45) is 0 Å². The monoisotopic (exact) mass is 522 g/mol. The van der Waals surface area contributed by atoms with Gasteiger partial charge in [0, 0.05) is 23.2 Å². The van der Waals surface area contributed by atoms with Gasteiger partial charge >= 0.3 is 0 Å². The Bertz CT molecular complexity index is 951. The molecular formula is C30H58N4OS. The molecular weight excluding hydrogens is 464 g/mol. The molecule has 0 aliphatic carbocycles. The van der Waals surface area contributed by atoms with Crippen LogP contribution < -0.4 is 0 Å². The molecule has 0 saturated carbocycles. The molecule has 0 aliphatic rings. The van der Waals surface area contributed by atoms with Gasteiger partial charge in [0.15, 0.2) is 5.89 Å². The van der Waals surface area contributed by atoms with Gasteiger partial charge in [0.1, 0.15) is 11.6 Å². The summed E-state index contributed by atoms with van der Waals surface area (Å²) in [5.41, 5.74) is 5.86. The van der Waals surface area contributed by atoms with Crippen LogP contribution in [0.25, 0.3) is 0 Å². The van der Waals surface area contributed by atoms with Crippen LogP contribution in [-0.2, 0) is 0 Å². The molecule has 0 unspecified atom stereocenters. The summed E-state index contributed by atoms with van der Waals surface area (Å²) in [5, 5.41) is 1.18. The van der Waals surface area contributed by atoms with E-state index in [1.165, 1.54) is 26.8 Å². The van der Waals surface area contributed by atoms with Crippen molar-refractivity contribution in [1.29, 1.82) is 0 Å². The molecule has 3 heterocycles. The number of aryl methyl sites for hydroxylation is 6. The number of thiazole rings is 1. The third-order valence-corrected chi connectivity index (χ3v) is 5.96. The molecule has 0 spiro atoms. The topological polar surface area (TPSA) is 64.7 Å². The van der Waals surface area contributed by atoms with Crippen LogP contribution >= 0.6 is 11.3 Å². The molecule has 36 heavy (non-hydrogen) atoms. The summed E-state index contributed by atoms with van der Waals surface area (Å²) in [6.07, 6.45) is 0. The maximum absolute atomic E-state index is 5.26. The summed E-state index contributed by atoms with van der Waals surface area (Å²) in [6.45, 7) is 27.0. The SMILES string of the molecule is C.C.C.C.Cc1nc(C(C)C)c(C)o1.Cc1nc(C(C)C)c(C)s1.Cc1nc(C)c(C)c(C(C)C)n1. The Hall–Kier alpha value is -2.08. The van der Waals surface area contributed by atoms with Gasteiger partial charge in [-0.1, -0.05) is 71.2 Å². The first kappa shape index (κ1) is 41.1.